The van der Waals surface area contributed by atoms with E-state index in [1.165, 1.54) is 17.4 Å². The maximum atomic E-state index is 12.1. The predicted octanol–water partition coefficient (Wildman–Crippen LogP) is 1.06. The van der Waals surface area contributed by atoms with Crippen molar-refractivity contribution in [3.8, 4) is 10.6 Å². The van der Waals surface area contributed by atoms with E-state index in [1.54, 1.807) is 0 Å². The molecule has 0 unspecified atom stereocenters. The quantitative estimate of drug-likeness (QED) is 0.667. The second-order valence-corrected chi connectivity index (χ2v) is 8.91. The van der Waals surface area contributed by atoms with Crippen LogP contribution in [-0.2, 0) is 14.6 Å². The van der Waals surface area contributed by atoms with Gasteiger partial charge in [-0.1, -0.05) is 0 Å². The number of aromatic nitrogens is 2. The zero-order valence-electron chi connectivity index (χ0n) is 13.1. The molecular formula is C14H17N3O5S2. The minimum atomic E-state index is -3.32. The van der Waals surface area contributed by atoms with Gasteiger partial charge in [-0.05, 0) is 31.5 Å². The molecule has 1 atom stereocenters. The zero-order valence-corrected chi connectivity index (χ0v) is 14.7. The molecule has 1 amide bonds. The number of H-pyrrole nitrogens is 1. The van der Waals surface area contributed by atoms with Crippen molar-refractivity contribution in [1.29, 1.82) is 0 Å². The van der Waals surface area contributed by atoms with Crippen molar-refractivity contribution in [3.63, 3.8) is 0 Å². The minimum Gasteiger partial charge on any atom is -0.480 e. The van der Waals surface area contributed by atoms with Crippen LogP contribution in [0.4, 0.5) is 0 Å². The molecule has 0 saturated heterocycles. The molecule has 2 heterocycles. The first-order valence-corrected chi connectivity index (χ1v) is 9.87. The molecule has 10 heteroatoms. The molecule has 0 radical (unpaired) electrons. The second kappa shape index (κ2) is 7.14. The van der Waals surface area contributed by atoms with Gasteiger partial charge in [-0.25, -0.2) is 13.2 Å². The van der Waals surface area contributed by atoms with E-state index in [0.717, 1.165) is 16.0 Å². The Balaban J connectivity index is 2.07. The molecule has 0 saturated carbocycles. The number of hydrogen-bond acceptors (Lipinski definition) is 6. The van der Waals surface area contributed by atoms with Crippen LogP contribution >= 0.6 is 11.3 Å². The molecule has 0 aliphatic heterocycles. The topological polar surface area (TPSA) is 129 Å². The summed E-state index contributed by atoms with van der Waals surface area (Å²) in [5.74, 6) is -2.30. The number of aryl methyl sites for hydroxylation is 1. The smallest absolute Gasteiger partial charge is 0.326 e. The molecule has 0 aromatic carbocycles. The molecule has 8 nitrogen and oxygen atoms in total. The van der Waals surface area contributed by atoms with Gasteiger partial charge in [0.05, 0.1) is 16.3 Å². The highest BCUT2D eigenvalue weighted by Gasteiger charge is 2.23. The summed E-state index contributed by atoms with van der Waals surface area (Å²) in [7, 11) is -3.32. The lowest BCUT2D eigenvalue weighted by molar-refractivity contribution is -0.139. The lowest BCUT2D eigenvalue weighted by Gasteiger charge is -2.12. The van der Waals surface area contributed by atoms with E-state index in [-0.39, 0.29) is 17.9 Å². The van der Waals surface area contributed by atoms with Crippen molar-refractivity contribution in [3.05, 3.63) is 28.8 Å². The Labute approximate surface area is 142 Å². The number of nitrogens with zero attached hydrogens (tertiary/aromatic N) is 1. The third-order valence-corrected chi connectivity index (χ3v) is 5.21. The van der Waals surface area contributed by atoms with Gasteiger partial charge in [0.1, 0.15) is 15.9 Å². The van der Waals surface area contributed by atoms with E-state index in [9.17, 15) is 18.0 Å². The average Bonchev–Trinajstić information content (AvgIpc) is 3.10. The van der Waals surface area contributed by atoms with Crippen molar-refractivity contribution in [2.45, 2.75) is 19.4 Å². The van der Waals surface area contributed by atoms with E-state index in [2.05, 4.69) is 15.5 Å². The monoisotopic (exact) mass is 371 g/mol. The normalized spacial score (nSPS) is 12.8. The summed E-state index contributed by atoms with van der Waals surface area (Å²) in [6.07, 6.45) is 0.804. The standard InChI is InChI=1S/C14H17N3O5S2/c1-8-3-4-12(23-8)10-7-11(17-16-10)13(18)15-9(14(19)20)5-6-24(2,21)22/h3-4,7,9H,5-6H2,1-2H3,(H,15,18)(H,16,17)(H,19,20)/t9-/m0/s1. The van der Waals surface area contributed by atoms with Crippen LogP contribution < -0.4 is 5.32 Å². The van der Waals surface area contributed by atoms with E-state index in [1.807, 2.05) is 19.1 Å². The fourth-order valence-corrected chi connectivity index (χ4v) is 3.46. The van der Waals surface area contributed by atoms with Crippen molar-refractivity contribution < 1.29 is 23.1 Å². The predicted molar refractivity (Wildman–Crippen MR) is 89.9 cm³/mol. The van der Waals surface area contributed by atoms with Gasteiger partial charge in [0.25, 0.3) is 5.91 Å². The molecule has 130 valence electrons. The van der Waals surface area contributed by atoms with E-state index < -0.39 is 27.8 Å². The average molecular weight is 371 g/mol. The number of nitrogens with one attached hydrogen (secondary N) is 2. The highest BCUT2D eigenvalue weighted by atomic mass is 32.2. The number of thiophene rings is 1. The molecule has 0 spiro atoms. The summed E-state index contributed by atoms with van der Waals surface area (Å²) in [6.45, 7) is 1.96. The SMILES string of the molecule is Cc1ccc(-c2cc(C(=O)N[C@@H](CCS(C)(=O)=O)C(=O)O)n[nH]2)s1. The van der Waals surface area contributed by atoms with Crippen LogP contribution in [0.2, 0.25) is 0 Å². The Kier molecular flexibility index (Phi) is 5.40. The number of carboxylic acids is 1. The van der Waals surface area contributed by atoms with Crippen LogP contribution in [0.5, 0.6) is 0 Å². The van der Waals surface area contributed by atoms with Crippen LogP contribution in [0.3, 0.4) is 0 Å². The van der Waals surface area contributed by atoms with Gasteiger partial charge in [-0.3, -0.25) is 9.89 Å². The lowest BCUT2D eigenvalue weighted by atomic mass is 10.2. The molecule has 2 rings (SSSR count). The first-order valence-electron chi connectivity index (χ1n) is 6.99. The Hall–Kier alpha value is -2.20. The summed E-state index contributed by atoms with van der Waals surface area (Å²) in [4.78, 5) is 25.3. The molecule has 0 fully saturated rings. The molecule has 2 aromatic rings. The van der Waals surface area contributed by atoms with Crippen LogP contribution in [0.15, 0.2) is 18.2 Å². The fraction of sp³-hybridized carbons (Fsp3) is 0.357. The lowest BCUT2D eigenvalue weighted by Crippen LogP contribution is -2.42. The van der Waals surface area contributed by atoms with E-state index in [0.29, 0.717) is 5.69 Å². The third-order valence-electron chi connectivity index (χ3n) is 3.20. The number of sulfone groups is 1. The summed E-state index contributed by atoms with van der Waals surface area (Å²) >= 11 is 1.53. The number of carbonyl (C=O) groups excluding carboxylic acids is 1. The van der Waals surface area contributed by atoms with Crippen LogP contribution in [0, 0.1) is 6.92 Å². The Morgan fingerprint density at radius 3 is 2.67 bits per heavy atom. The van der Waals surface area contributed by atoms with E-state index >= 15 is 0 Å². The Morgan fingerprint density at radius 1 is 1.42 bits per heavy atom. The van der Waals surface area contributed by atoms with Crippen LogP contribution in [0.1, 0.15) is 21.8 Å². The van der Waals surface area contributed by atoms with Gasteiger partial charge in [-0.2, -0.15) is 5.10 Å². The van der Waals surface area contributed by atoms with E-state index in [4.69, 9.17) is 5.11 Å². The summed E-state index contributed by atoms with van der Waals surface area (Å²) < 4.78 is 22.3. The van der Waals surface area contributed by atoms with Crippen LogP contribution in [-0.4, -0.2) is 53.6 Å². The van der Waals surface area contributed by atoms with Crippen molar-refractivity contribution in [1.82, 2.24) is 15.5 Å². The second-order valence-electron chi connectivity index (χ2n) is 5.36. The van der Waals surface area contributed by atoms with Gasteiger partial charge < -0.3 is 10.4 Å². The molecule has 2 aromatic heterocycles. The van der Waals surface area contributed by atoms with Crippen molar-refractivity contribution >= 4 is 33.1 Å². The zero-order chi connectivity index (χ0) is 17.9. The molecule has 3 N–H and O–H groups in total. The number of hydrogen-bond donors (Lipinski definition) is 3. The van der Waals surface area contributed by atoms with Gasteiger partial charge in [0, 0.05) is 11.1 Å². The van der Waals surface area contributed by atoms with Crippen LogP contribution in [0.25, 0.3) is 10.6 Å². The van der Waals surface area contributed by atoms with Gasteiger partial charge in [-0.15, -0.1) is 11.3 Å². The number of aliphatic carboxylic acids is 1. The van der Waals surface area contributed by atoms with Gasteiger partial charge in [0.2, 0.25) is 0 Å². The number of rotatable bonds is 7. The summed E-state index contributed by atoms with van der Waals surface area (Å²) in [5, 5.41) is 18.0. The molecular weight excluding hydrogens is 354 g/mol. The van der Waals surface area contributed by atoms with Crippen molar-refractivity contribution in [2.75, 3.05) is 12.0 Å². The molecule has 0 aliphatic rings. The molecule has 24 heavy (non-hydrogen) atoms. The Bertz CT molecular complexity index is 853. The number of carbonyl (C=O) groups is 2. The molecule has 0 bridgehead atoms. The van der Waals surface area contributed by atoms with Gasteiger partial charge >= 0.3 is 5.97 Å². The first kappa shape index (κ1) is 18.1. The number of carboxylic acid groups (broad SMARTS) is 1. The molecule has 0 aliphatic carbocycles. The Morgan fingerprint density at radius 2 is 2.12 bits per heavy atom. The first-order chi connectivity index (χ1) is 11.2. The van der Waals surface area contributed by atoms with Crippen molar-refractivity contribution in [2.24, 2.45) is 0 Å². The maximum Gasteiger partial charge on any atom is 0.326 e. The van der Waals surface area contributed by atoms with Gasteiger partial charge in [0.15, 0.2) is 5.69 Å². The fourth-order valence-electron chi connectivity index (χ4n) is 1.97. The highest BCUT2D eigenvalue weighted by molar-refractivity contribution is 7.90. The minimum absolute atomic E-state index is 0.0432. The maximum absolute atomic E-state index is 12.1. The highest BCUT2D eigenvalue weighted by Crippen LogP contribution is 2.26. The number of aromatic amines is 1. The third kappa shape index (κ3) is 4.90. The summed E-state index contributed by atoms with van der Waals surface area (Å²) in [5.41, 5.74) is 0.697. The number of amides is 1. The summed E-state index contributed by atoms with van der Waals surface area (Å²) in [6, 6.07) is 4.06. The largest absolute Gasteiger partial charge is 0.480 e.